The standard InChI is InChI=1S/C7H12ClNO2S/c1-2-5-9(7-3-4-7)12(10,11)6-8/h2,7H,1,3-6H2. The maximum atomic E-state index is 11.3. The summed E-state index contributed by atoms with van der Waals surface area (Å²) in [6.45, 7) is 3.88. The van der Waals surface area contributed by atoms with E-state index >= 15 is 0 Å². The van der Waals surface area contributed by atoms with E-state index in [1.807, 2.05) is 0 Å². The Balaban J connectivity index is 2.70. The van der Waals surface area contributed by atoms with Gasteiger partial charge in [0, 0.05) is 12.6 Å². The lowest BCUT2D eigenvalue weighted by Gasteiger charge is -2.17. The quantitative estimate of drug-likeness (QED) is 0.504. The SMILES string of the molecule is C=CCN(C1CC1)S(=O)(=O)CCl. The molecule has 0 spiro atoms. The minimum absolute atomic E-state index is 0.173. The number of rotatable bonds is 5. The molecule has 0 N–H and O–H groups in total. The van der Waals surface area contributed by atoms with Gasteiger partial charge in [-0.2, -0.15) is 4.31 Å². The number of nitrogens with zero attached hydrogens (tertiary/aromatic N) is 1. The Bertz CT molecular complexity index is 259. The maximum Gasteiger partial charge on any atom is 0.228 e. The predicted molar refractivity (Wildman–Crippen MR) is 49.6 cm³/mol. The fourth-order valence-corrected chi connectivity index (χ4v) is 2.54. The molecule has 1 fully saturated rings. The Morgan fingerprint density at radius 3 is 2.50 bits per heavy atom. The van der Waals surface area contributed by atoms with E-state index in [0.717, 1.165) is 12.8 Å². The molecule has 1 rings (SSSR count). The third-order valence-electron chi connectivity index (χ3n) is 1.76. The minimum atomic E-state index is -3.23. The molecule has 1 aliphatic rings. The third kappa shape index (κ3) is 2.21. The molecule has 0 aromatic carbocycles. The van der Waals surface area contributed by atoms with Crippen molar-refractivity contribution in [3.63, 3.8) is 0 Å². The Labute approximate surface area is 78.1 Å². The van der Waals surface area contributed by atoms with Crippen molar-refractivity contribution >= 4 is 21.6 Å². The predicted octanol–water partition coefficient (Wildman–Crippen LogP) is 1.16. The van der Waals surface area contributed by atoms with Gasteiger partial charge >= 0.3 is 0 Å². The van der Waals surface area contributed by atoms with Gasteiger partial charge in [-0.25, -0.2) is 8.42 Å². The molecule has 0 heterocycles. The Morgan fingerprint density at radius 1 is 1.58 bits per heavy atom. The van der Waals surface area contributed by atoms with Crippen molar-refractivity contribution in [2.24, 2.45) is 0 Å². The van der Waals surface area contributed by atoms with Crippen LogP contribution in [0.15, 0.2) is 12.7 Å². The third-order valence-corrected chi connectivity index (χ3v) is 4.02. The fraction of sp³-hybridized carbons (Fsp3) is 0.714. The van der Waals surface area contributed by atoms with Gasteiger partial charge in [0.2, 0.25) is 10.0 Å². The average Bonchev–Trinajstić information content (AvgIpc) is 2.83. The molecule has 0 atom stereocenters. The van der Waals surface area contributed by atoms with Crippen LogP contribution in [0.2, 0.25) is 0 Å². The van der Waals surface area contributed by atoms with Gasteiger partial charge in [0.1, 0.15) is 5.21 Å². The summed E-state index contributed by atoms with van der Waals surface area (Å²) in [5.74, 6) is 0. The van der Waals surface area contributed by atoms with Gasteiger partial charge in [-0.3, -0.25) is 0 Å². The molecule has 0 aliphatic heterocycles. The molecule has 1 aliphatic carbocycles. The van der Waals surface area contributed by atoms with E-state index in [1.54, 1.807) is 6.08 Å². The lowest BCUT2D eigenvalue weighted by Crippen LogP contribution is -2.33. The normalized spacial score (nSPS) is 18.2. The van der Waals surface area contributed by atoms with E-state index < -0.39 is 10.0 Å². The molecule has 0 radical (unpaired) electrons. The van der Waals surface area contributed by atoms with Crippen molar-refractivity contribution in [2.75, 3.05) is 11.8 Å². The summed E-state index contributed by atoms with van der Waals surface area (Å²) in [6, 6.07) is 0.173. The maximum absolute atomic E-state index is 11.3. The van der Waals surface area contributed by atoms with E-state index in [0.29, 0.717) is 6.54 Å². The number of hydrogen-bond donors (Lipinski definition) is 0. The van der Waals surface area contributed by atoms with Gasteiger partial charge < -0.3 is 0 Å². The van der Waals surface area contributed by atoms with Crippen LogP contribution in [0.3, 0.4) is 0 Å². The monoisotopic (exact) mass is 209 g/mol. The average molecular weight is 210 g/mol. The highest BCUT2D eigenvalue weighted by Crippen LogP contribution is 2.29. The molecule has 3 nitrogen and oxygen atoms in total. The van der Waals surface area contributed by atoms with Gasteiger partial charge in [-0.05, 0) is 12.8 Å². The molecule has 0 saturated heterocycles. The lowest BCUT2D eigenvalue weighted by atomic mass is 10.6. The molecule has 0 bridgehead atoms. The topological polar surface area (TPSA) is 37.4 Å². The van der Waals surface area contributed by atoms with Crippen LogP contribution in [0.1, 0.15) is 12.8 Å². The zero-order chi connectivity index (χ0) is 9.19. The van der Waals surface area contributed by atoms with Crippen molar-refractivity contribution in [2.45, 2.75) is 18.9 Å². The van der Waals surface area contributed by atoms with E-state index in [4.69, 9.17) is 11.6 Å². The Kier molecular flexibility index (Phi) is 3.15. The second-order valence-corrected chi connectivity index (χ2v) is 5.32. The number of hydrogen-bond acceptors (Lipinski definition) is 2. The van der Waals surface area contributed by atoms with Gasteiger partial charge in [0.05, 0.1) is 0 Å². The summed E-state index contributed by atoms with van der Waals surface area (Å²) < 4.78 is 24.1. The van der Waals surface area contributed by atoms with Crippen LogP contribution in [-0.2, 0) is 10.0 Å². The Hall–Kier alpha value is -0.0600. The minimum Gasteiger partial charge on any atom is -0.211 e. The molecular formula is C7H12ClNO2S. The first-order chi connectivity index (χ1) is 5.61. The van der Waals surface area contributed by atoms with Crippen LogP contribution in [0.25, 0.3) is 0 Å². The zero-order valence-corrected chi connectivity index (χ0v) is 8.31. The molecular weight excluding hydrogens is 198 g/mol. The number of alkyl halides is 1. The van der Waals surface area contributed by atoms with Crippen LogP contribution in [-0.4, -0.2) is 30.5 Å². The van der Waals surface area contributed by atoms with Crippen molar-refractivity contribution < 1.29 is 8.42 Å². The Morgan fingerprint density at radius 2 is 2.17 bits per heavy atom. The second kappa shape index (κ2) is 3.77. The highest BCUT2D eigenvalue weighted by atomic mass is 35.5. The van der Waals surface area contributed by atoms with Crippen LogP contribution in [0.4, 0.5) is 0 Å². The van der Waals surface area contributed by atoms with E-state index in [9.17, 15) is 8.42 Å². The first-order valence-electron chi connectivity index (χ1n) is 3.78. The van der Waals surface area contributed by atoms with Crippen molar-refractivity contribution in [3.05, 3.63) is 12.7 Å². The van der Waals surface area contributed by atoms with Crippen molar-refractivity contribution in [1.82, 2.24) is 4.31 Å². The molecule has 70 valence electrons. The van der Waals surface area contributed by atoms with E-state index in [2.05, 4.69) is 6.58 Å². The van der Waals surface area contributed by atoms with Crippen LogP contribution in [0.5, 0.6) is 0 Å². The van der Waals surface area contributed by atoms with E-state index in [-0.39, 0.29) is 11.3 Å². The molecule has 12 heavy (non-hydrogen) atoms. The van der Waals surface area contributed by atoms with Gasteiger partial charge in [0.25, 0.3) is 0 Å². The molecule has 0 unspecified atom stereocenters. The first-order valence-corrected chi connectivity index (χ1v) is 5.92. The molecule has 0 amide bonds. The highest BCUT2D eigenvalue weighted by molar-refractivity contribution is 7.90. The smallest absolute Gasteiger partial charge is 0.211 e. The second-order valence-electron chi connectivity index (χ2n) is 2.81. The largest absolute Gasteiger partial charge is 0.228 e. The van der Waals surface area contributed by atoms with Gasteiger partial charge in [0.15, 0.2) is 0 Å². The molecule has 5 heteroatoms. The van der Waals surface area contributed by atoms with Crippen LogP contribution < -0.4 is 0 Å². The summed E-state index contributed by atoms with van der Waals surface area (Å²) >= 11 is 5.33. The molecule has 0 aromatic heterocycles. The summed E-state index contributed by atoms with van der Waals surface area (Å²) in [4.78, 5) is 0. The zero-order valence-electron chi connectivity index (χ0n) is 6.74. The summed E-state index contributed by atoms with van der Waals surface area (Å²) in [6.07, 6.45) is 3.48. The van der Waals surface area contributed by atoms with Gasteiger partial charge in [-0.15, -0.1) is 18.2 Å². The molecule has 1 saturated carbocycles. The highest BCUT2D eigenvalue weighted by Gasteiger charge is 2.35. The van der Waals surface area contributed by atoms with Crippen molar-refractivity contribution in [3.8, 4) is 0 Å². The number of halogens is 1. The van der Waals surface area contributed by atoms with Crippen LogP contribution in [0, 0.1) is 0 Å². The summed E-state index contributed by atoms with van der Waals surface area (Å²) in [5, 5.41) is -0.336. The van der Waals surface area contributed by atoms with Gasteiger partial charge in [-0.1, -0.05) is 6.08 Å². The first kappa shape index (κ1) is 10.0. The summed E-state index contributed by atoms with van der Waals surface area (Å²) in [5.41, 5.74) is 0. The molecule has 0 aromatic rings. The lowest BCUT2D eigenvalue weighted by molar-refractivity contribution is 0.439. The summed E-state index contributed by atoms with van der Waals surface area (Å²) in [7, 11) is -3.23. The van der Waals surface area contributed by atoms with Crippen molar-refractivity contribution in [1.29, 1.82) is 0 Å². The number of sulfonamides is 1. The fourth-order valence-electron chi connectivity index (χ4n) is 1.04. The van der Waals surface area contributed by atoms with E-state index in [1.165, 1.54) is 4.31 Å². The van der Waals surface area contributed by atoms with Crippen LogP contribution >= 0.6 is 11.6 Å².